The molecule has 1 atom stereocenters. The van der Waals surface area contributed by atoms with E-state index in [1.165, 1.54) is 17.0 Å². The summed E-state index contributed by atoms with van der Waals surface area (Å²) in [5.74, 6) is -0.485. The number of nitrogens with one attached hydrogen (secondary N) is 1. The fourth-order valence-corrected chi connectivity index (χ4v) is 2.71. The van der Waals surface area contributed by atoms with Gasteiger partial charge in [0.25, 0.3) is 0 Å². The number of halogens is 1. The molecule has 1 aromatic rings. The first-order valence-corrected chi connectivity index (χ1v) is 7.31. The summed E-state index contributed by atoms with van der Waals surface area (Å²) < 4.78 is 18.7. The van der Waals surface area contributed by atoms with E-state index in [0.29, 0.717) is 32.8 Å². The summed E-state index contributed by atoms with van der Waals surface area (Å²) in [5, 5.41) is 2.62. The lowest BCUT2D eigenvalue weighted by Gasteiger charge is -2.33. The number of hydrogen-bond donors (Lipinski definition) is 1. The van der Waals surface area contributed by atoms with Gasteiger partial charge in [0, 0.05) is 26.2 Å². The maximum absolute atomic E-state index is 13.0. The highest BCUT2D eigenvalue weighted by molar-refractivity contribution is 5.96. The molecule has 0 spiro atoms. The van der Waals surface area contributed by atoms with Crippen LogP contribution in [-0.4, -0.2) is 61.1 Å². The Bertz CT molecular complexity index is 564. The van der Waals surface area contributed by atoms with Gasteiger partial charge in [0.1, 0.15) is 5.82 Å². The second-order valence-corrected chi connectivity index (χ2v) is 5.42. The number of nitrogens with zero attached hydrogens (tertiary/aromatic N) is 2. The maximum Gasteiger partial charge on any atom is 0.324 e. The van der Waals surface area contributed by atoms with Crippen LogP contribution in [0.15, 0.2) is 24.3 Å². The fraction of sp³-hybridized carbons (Fsp3) is 0.467. The molecule has 0 saturated carbocycles. The van der Waals surface area contributed by atoms with E-state index in [1.54, 1.807) is 12.1 Å². The van der Waals surface area contributed by atoms with E-state index < -0.39 is 0 Å². The van der Waals surface area contributed by atoms with Gasteiger partial charge in [-0.15, -0.1) is 0 Å². The number of carbonyl (C=O) groups excluding carboxylic acids is 2. The Morgan fingerprint density at radius 1 is 1.32 bits per heavy atom. The highest BCUT2D eigenvalue weighted by atomic mass is 19.1. The van der Waals surface area contributed by atoms with Crippen LogP contribution in [0, 0.1) is 5.82 Å². The van der Waals surface area contributed by atoms with Gasteiger partial charge in [0.05, 0.1) is 19.3 Å². The highest BCUT2D eigenvalue weighted by Gasteiger charge is 2.29. The maximum atomic E-state index is 13.0. The molecule has 7 heteroatoms. The Morgan fingerprint density at radius 3 is 2.77 bits per heavy atom. The van der Waals surface area contributed by atoms with Crippen LogP contribution >= 0.6 is 0 Å². The molecule has 0 bridgehead atoms. The largest absolute Gasteiger partial charge is 0.371 e. The average molecular weight is 307 g/mol. The van der Waals surface area contributed by atoms with Gasteiger partial charge in [-0.1, -0.05) is 12.1 Å². The second-order valence-electron chi connectivity index (χ2n) is 5.42. The Balaban J connectivity index is 1.59. The predicted octanol–water partition coefficient (Wildman–Crippen LogP) is 0.751. The summed E-state index contributed by atoms with van der Waals surface area (Å²) in [4.78, 5) is 26.8. The molecule has 3 rings (SSSR count). The van der Waals surface area contributed by atoms with Crippen LogP contribution in [0.3, 0.4) is 0 Å². The molecule has 2 fully saturated rings. The monoisotopic (exact) mass is 307 g/mol. The molecule has 2 aliphatic heterocycles. The lowest BCUT2D eigenvalue weighted by Crippen LogP contribution is -2.46. The average Bonchev–Trinajstić information content (AvgIpc) is 2.94. The van der Waals surface area contributed by atoms with Crippen molar-refractivity contribution in [2.75, 3.05) is 39.3 Å². The van der Waals surface area contributed by atoms with E-state index in [4.69, 9.17) is 4.74 Å². The molecule has 1 N–H and O–H groups in total. The van der Waals surface area contributed by atoms with Crippen LogP contribution in [0.5, 0.6) is 0 Å². The summed E-state index contributed by atoms with van der Waals surface area (Å²) in [6.07, 6.45) is -0.186. The summed E-state index contributed by atoms with van der Waals surface area (Å²) in [5.41, 5.74) is 0.887. The molecular weight excluding hydrogens is 289 g/mol. The second kappa shape index (κ2) is 6.41. The number of morpholine rings is 1. The van der Waals surface area contributed by atoms with E-state index in [2.05, 4.69) is 5.32 Å². The molecule has 2 aliphatic rings. The quantitative estimate of drug-likeness (QED) is 0.895. The zero-order valence-corrected chi connectivity index (χ0v) is 12.1. The van der Waals surface area contributed by atoms with E-state index >= 15 is 0 Å². The van der Waals surface area contributed by atoms with Crippen LogP contribution < -0.4 is 5.32 Å². The van der Waals surface area contributed by atoms with Gasteiger partial charge < -0.3 is 10.1 Å². The van der Waals surface area contributed by atoms with E-state index in [9.17, 15) is 14.0 Å². The highest BCUT2D eigenvalue weighted by Crippen LogP contribution is 2.22. The minimum absolute atomic E-state index is 0.186. The van der Waals surface area contributed by atoms with Crippen molar-refractivity contribution in [3.8, 4) is 0 Å². The van der Waals surface area contributed by atoms with Crippen LogP contribution in [0.1, 0.15) is 11.7 Å². The van der Waals surface area contributed by atoms with Gasteiger partial charge in [-0.05, 0) is 17.7 Å². The summed E-state index contributed by atoms with van der Waals surface area (Å²) in [6, 6.07) is 5.86. The van der Waals surface area contributed by atoms with Crippen LogP contribution in [0.4, 0.5) is 9.18 Å². The molecule has 0 unspecified atom stereocenters. The molecule has 6 nitrogen and oxygen atoms in total. The third-order valence-corrected chi connectivity index (χ3v) is 3.91. The third kappa shape index (κ3) is 3.26. The van der Waals surface area contributed by atoms with Crippen LogP contribution in [0.25, 0.3) is 0 Å². The number of carbonyl (C=O) groups is 2. The zero-order valence-electron chi connectivity index (χ0n) is 12.1. The van der Waals surface area contributed by atoms with Crippen LogP contribution in [-0.2, 0) is 9.53 Å². The molecule has 2 heterocycles. The summed E-state index contributed by atoms with van der Waals surface area (Å²) in [6.45, 7) is 2.80. The van der Waals surface area contributed by atoms with Crippen molar-refractivity contribution in [3.05, 3.63) is 35.6 Å². The smallest absolute Gasteiger partial charge is 0.324 e. The van der Waals surface area contributed by atoms with Crippen molar-refractivity contribution >= 4 is 11.9 Å². The lowest BCUT2D eigenvalue weighted by molar-refractivity contribution is -0.130. The molecule has 118 valence electrons. The molecule has 0 aliphatic carbocycles. The number of hydrogen-bond acceptors (Lipinski definition) is 4. The van der Waals surface area contributed by atoms with E-state index in [1.807, 2.05) is 4.90 Å². The molecule has 3 amide bonds. The minimum atomic E-state index is -0.326. The van der Waals surface area contributed by atoms with Crippen LogP contribution in [0.2, 0.25) is 0 Å². The molecule has 0 aromatic heterocycles. The first kappa shape index (κ1) is 14.9. The van der Waals surface area contributed by atoms with Gasteiger partial charge in [-0.2, -0.15) is 0 Å². The standard InChI is InChI=1S/C15H18FN3O3/c16-12-3-1-11(2-4-12)13-9-18(7-8-22-13)10-14(20)19-6-5-17-15(19)21/h1-4,13H,5-10H2,(H,17,21)/t13-/m1/s1. The normalized spacial score (nSPS) is 22.7. The van der Waals surface area contributed by atoms with Gasteiger partial charge in [-0.25, -0.2) is 9.18 Å². The number of ether oxygens (including phenoxy) is 1. The van der Waals surface area contributed by atoms with Gasteiger partial charge in [0.15, 0.2) is 0 Å². The molecule has 0 radical (unpaired) electrons. The van der Waals surface area contributed by atoms with Gasteiger partial charge in [0.2, 0.25) is 5.91 Å². The Kier molecular flexibility index (Phi) is 4.35. The third-order valence-electron chi connectivity index (χ3n) is 3.91. The van der Waals surface area contributed by atoms with Gasteiger partial charge in [-0.3, -0.25) is 14.6 Å². The zero-order chi connectivity index (χ0) is 15.5. The first-order chi connectivity index (χ1) is 10.6. The van der Waals surface area contributed by atoms with Crippen molar-refractivity contribution in [3.63, 3.8) is 0 Å². The molecule has 22 heavy (non-hydrogen) atoms. The van der Waals surface area contributed by atoms with Crippen molar-refractivity contribution < 1.29 is 18.7 Å². The summed E-state index contributed by atoms with van der Waals surface area (Å²) in [7, 11) is 0. The first-order valence-electron chi connectivity index (χ1n) is 7.31. The SMILES string of the molecule is O=C(CN1CCO[C@@H](c2ccc(F)cc2)C1)N1CCNC1=O. The number of rotatable bonds is 3. The topological polar surface area (TPSA) is 61.9 Å². The van der Waals surface area contributed by atoms with Crippen molar-refractivity contribution in [2.45, 2.75) is 6.10 Å². The predicted molar refractivity (Wildman–Crippen MR) is 76.6 cm³/mol. The van der Waals surface area contributed by atoms with Crippen molar-refractivity contribution in [1.29, 1.82) is 0 Å². The van der Waals surface area contributed by atoms with Crippen molar-refractivity contribution in [2.24, 2.45) is 0 Å². The fourth-order valence-electron chi connectivity index (χ4n) is 2.71. The number of benzene rings is 1. The molecule has 1 aromatic carbocycles. The van der Waals surface area contributed by atoms with E-state index in [0.717, 1.165) is 5.56 Å². The minimum Gasteiger partial charge on any atom is -0.371 e. The Labute approximate surface area is 127 Å². The van der Waals surface area contributed by atoms with E-state index in [-0.39, 0.29) is 30.4 Å². The number of urea groups is 1. The lowest BCUT2D eigenvalue weighted by atomic mass is 10.1. The number of amides is 3. The molecule has 2 saturated heterocycles. The summed E-state index contributed by atoms with van der Waals surface area (Å²) >= 11 is 0. The number of imide groups is 1. The van der Waals surface area contributed by atoms with Gasteiger partial charge >= 0.3 is 6.03 Å². The van der Waals surface area contributed by atoms with Crippen molar-refractivity contribution in [1.82, 2.24) is 15.1 Å². The Hall–Kier alpha value is -1.99. The molecular formula is C15H18FN3O3. The Morgan fingerprint density at radius 2 is 2.09 bits per heavy atom.